The molecule has 6 aromatic carbocycles. The average molecular weight is 823 g/mol. The number of aromatic amines is 1. The summed E-state index contributed by atoms with van der Waals surface area (Å²) in [6.45, 7) is 3.84. The third-order valence-electron chi connectivity index (χ3n) is 11.7. The predicted molar refractivity (Wildman–Crippen MR) is 253 cm³/mol. The number of carbonyl (C=O) groups excluding carboxylic acids is 2. The van der Waals surface area contributed by atoms with Gasteiger partial charge >= 0.3 is 0 Å². The van der Waals surface area contributed by atoms with Crippen molar-refractivity contribution in [3.05, 3.63) is 203 Å². The molecule has 1 aliphatic heterocycles. The number of rotatable bonds is 8. The van der Waals surface area contributed by atoms with E-state index < -0.39 is 0 Å². The summed E-state index contributed by atoms with van der Waals surface area (Å²) in [4.78, 5) is 47.8. The van der Waals surface area contributed by atoms with Gasteiger partial charge in [0.1, 0.15) is 23.3 Å². The summed E-state index contributed by atoms with van der Waals surface area (Å²) >= 11 is 0. The Hall–Kier alpha value is -8.37. The summed E-state index contributed by atoms with van der Waals surface area (Å²) in [5, 5.41) is 6.47. The molecule has 3 N–H and O–H groups in total. The number of hydrogen-bond donors (Lipinski definition) is 3. The highest BCUT2D eigenvalue weighted by Gasteiger charge is 2.33. The van der Waals surface area contributed by atoms with E-state index in [1.165, 1.54) is 0 Å². The number of aliphatic imine (C=N–C) groups is 1. The van der Waals surface area contributed by atoms with Crippen molar-refractivity contribution < 1.29 is 9.59 Å². The molecule has 0 spiro atoms. The Morgan fingerprint density at radius 1 is 0.540 bits per heavy atom. The first-order valence-corrected chi connectivity index (χ1v) is 20.7. The van der Waals surface area contributed by atoms with Crippen LogP contribution in [0.2, 0.25) is 0 Å². The van der Waals surface area contributed by atoms with Gasteiger partial charge in [-0.2, -0.15) is 0 Å². The molecule has 0 bridgehead atoms. The van der Waals surface area contributed by atoms with Gasteiger partial charge in [-0.3, -0.25) is 9.59 Å². The van der Waals surface area contributed by atoms with Gasteiger partial charge in [-0.15, -0.1) is 0 Å². The number of allylic oxidation sites excluding steroid dienone is 1. The molecule has 9 aromatic rings. The van der Waals surface area contributed by atoms with Gasteiger partial charge in [0.25, 0.3) is 11.8 Å². The van der Waals surface area contributed by atoms with Crippen LogP contribution in [0.4, 0.5) is 5.82 Å². The standard InChI is InChI=1S/C53H42N8O2/c1-32-19-11-13-25-36(32)52(62)58-48-46(50-56-38-27-15-17-29-42(38)60(50)3)44(34-21-7-5-8-22-34)40(54-48)31-41-45(35-23-9-6-10-24-35)47(51-57-39-28-16-18-30-43(39)61(51)4)49(55-41)59-53(63)37-26-14-12-20-33(37)2/h5-31,54H,1-4H3,(H,58,62)(H,55,59,63). The maximum Gasteiger partial charge on any atom is 0.257 e. The molecule has 10 heteroatoms. The molecule has 0 aliphatic carbocycles. The molecule has 0 saturated carbocycles. The van der Waals surface area contributed by atoms with Crippen LogP contribution < -0.4 is 10.6 Å². The van der Waals surface area contributed by atoms with Crippen LogP contribution in [-0.2, 0) is 14.1 Å². The van der Waals surface area contributed by atoms with Crippen LogP contribution in [0.1, 0.15) is 48.9 Å². The van der Waals surface area contributed by atoms with Crippen molar-refractivity contribution >= 4 is 62.8 Å². The molecule has 3 aromatic heterocycles. The van der Waals surface area contributed by atoms with E-state index in [0.717, 1.165) is 55.5 Å². The zero-order valence-electron chi connectivity index (χ0n) is 35.1. The van der Waals surface area contributed by atoms with Gasteiger partial charge in [0.2, 0.25) is 0 Å². The van der Waals surface area contributed by atoms with Crippen LogP contribution in [0.5, 0.6) is 0 Å². The normalized spacial score (nSPS) is 13.3. The Labute approximate surface area is 364 Å². The van der Waals surface area contributed by atoms with Crippen molar-refractivity contribution in [3.8, 4) is 22.5 Å². The molecule has 306 valence electrons. The molecule has 10 rings (SSSR count). The molecule has 4 heterocycles. The van der Waals surface area contributed by atoms with E-state index in [9.17, 15) is 9.59 Å². The number of carbonyl (C=O) groups is 2. The monoisotopic (exact) mass is 822 g/mol. The minimum absolute atomic E-state index is 0.262. The Bertz CT molecular complexity index is 3370. The molecule has 2 amide bonds. The van der Waals surface area contributed by atoms with Gasteiger partial charge in [-0.1, -0.05) is 121 Å². The molecule has 63 heavy (non-hydrogen) atoms. The number of H-pyrrole nitrogens is 1. The quantitative estimate of drug-likeness (QED) is 0.141. The lowest BCUT2D eigenvalue weighted by Crippen LogP contribution is -2.31. The number of imidazole rings is 2. The van der Waals surface area contributed by atoms with Gasteiger partial charge in [-0.25, -0.2) is 15.0 Å². The fraction of sp³-hybridized carbons (Fsp3) is 0.0755. The van der Waals surface area contributed by atoms with E-state index in [1.54, 1.807) is 0 Å². The molecular formula is C53H42N8O2. The summed E-state index contributed by atoms with van der Waals surface area (Å²) in [5.41, 5.74) is 12.3. The summed E-state index contributed by atoms with van der Waals surface area (Å²) in [7, 11) is 3.97. The predicted octanol–water partition coefficient (Wildman–Crippen LogP) is 10.8. The molecule has 0 radical (unpaired) electrons. The Balaban J connectivity index is 1.26. The number of nitrogens with one attached hydrogen (secondary N) is 3. The number of anilines is 1. The minimum Gasteiger partial charge on any atom is -0.341 e. The number of para-hydroxylation sites is 4. The molecule has 0 saturated heterocycles. The van der Waals surface area contributed by atoms with Crippen molar-refractivity contribution in [2.45, 2.75) is 13.8 Å². The number of amidine groups is 1. The third-order valence-corrected chi connectivity index (χ3v) is 11.7. The number of hydrogen-bond acceptors (Lipinski definition) is 5. The number of nitrogens with zero attached hydrogens (tertiary/aromatic N) is 5. The van der Waals surface area contributed by atoms with Gasteiger partial charge in [0.05, 0.1) is 44.6 Å². The van der Waals surface area contributed by atoms with Crippen LogP contribution in [0.15, 0.2) is 168 Å². The Morgan fingerprint density at radius 3 is 1.62 bits per heavy atom. The van der Waals surface area contributed by atoms with Crippen molar-refractivity contribution in [3.63, 3.8) is 0 Å². The van der Waals surface area contributed by atoms with Gasteiger partial charge < -0.3 is 24.8 Å². The van der Waals surface area contributed by atoms with Crippen molar-refractivity contribution in [1.82, 2.24) is 29.4 Å². The highest BCUT2D eigenvalue weighted by molar-refractivity contribution is 6.38. The zero-order chi connectivity index (χ0) is 43.2. The number of aromatic nitrogens is 5. The molecule has 0 fully saturated rings. The number of aryl methyl sites for hydroxylation is 4. The summed E-state index contributed by atoms with van der Waals surface area (Å²) in [5.74, 6) is 1.60. The largest absolute Gasteiger partial charge is 0.341 e. The second kappa shape index (κ2) is 15.9. The van der Waals surface area contributed by atoms with E-state index in [0.29, 0.717) is 57.0 Å². The summed E-state index contributed by atoms with van der Waals surface area (Å²) in [6.07, 6.45) is 2.00. The van der Waals surface area contributed by atoms with Crippen LogP contribution in [0.25, 0.3) is 61.8 Å². The van der Waals surface area contributed by atoms with Crippen molar-refractivity contribution in [1.29, 1.82) is 0 Å². The SMILES string of the molecule is Cc1ccccc1C(=O)NC1=NC(=Cc2[nH]c(NC(=O)c3ccccc3C)c(-c3nc4ccccc4n3C)c2-c2ccccc2)C(c2ccccc2)=C1c1nc2ccccc2n1C. The average Bonchev–Trinajstić information content (AvgIpc) is 4.04. The molecule has 10 nitrogen and oxygen atoms in total. The van der Waals surface area contributed by atoms with Crippen LogP contribution in [0, 0.1) is 13.8 Å². The first-order chi connectivity index (χ1) is 30.7. The van der Waals surface area contributed by atoms with Gasteiger partial charge in [0.15, 0.2) is 0 Å². The van der Waals surface area contributed by atoms with E-state index >= 15 is 0 Å². The Morgan fingerprint density at radius 2 is 1.03 bits per heavy atom. The van der Waals surface area contributed by atoms with Crippen molar-refractivity contribution in [2.24, 2.45) is 19.1 Å². The topological polar surface area (TPSA) is 122 Å². The summed E-state index contributed by atoms with van der Waals surface area (Å²) < 4.78 is 4.09. The van der Waals surface area contributed by atoms with Crippen LogP contribution in [0.3, 0.4) is 0 Å². The van der Waals surface area contributed by atoms with Crippen LogP contribution in [-0.4, -0.2) is 41.7 Å². The second-order valence-electron chi connectivity index (χ2n) is 15.6. The smallest absolute Gasteiger partial charge is 0.257 e. The maximum atomic E-state index is 14.3. The number of fused-ring (bicyclic) bond motifs is 2. The zero-order valence-corrected chi connectivity index (χ0v) is 35.1. The molecular weight excluding hydrogens is 781 g/mol. The molecule has 0 atom stereocenters. The van der Waals surface area contributed by atoms with Gasteiger partial charge in [-0.05, 0) is 78.6 Å². The molecule has 1 aliphatic rings. The molecule has 0 unspecified atom stereocenters. The minimum atomic E-state index is -0.285. The Kier molecular flexibility index (Phi) is 9.80. The lowest BCUT2D eigenvalue weighted by Gasteiger charge is -2.13. The first kappa shape index (κ1) is 38.8. The third kappa shape index (κ3) is 6.93. The highest BCUT2D eigenvalue weighted by atomic mass is 16.2. The van der Waals surface area contributed by atoms with E-state index in [-0.39, 0.29) is 11.8 Å². The van der Waals surface area contributed by atoms with Crippen LogP contribution >= 0.6 is 0 Å². The first-order valence-electron chi connectivity index (χ1n) is 20.7. The van der Waals surface area contributed by atoms with E-state index in [4.69, 9.17) is 15.0 Å². The number of benzene rings is 6. The number of amides is 2. The summed E-state index contributed by atoms with van der Waals surface area (Å²) in [6, 6.07) is 51.1. The lowest BCUT2D eigenvalue weighted by molar-refractivity contribution is 0.0975. The lowest BCUT2D eigenvalue weighted by atomic mass is 9.95. The second-order valence-corrected chi connectivity index (χ2v) is 15.6. The highest BCUT2D eigenvalue weighted by Crippen LogP contribution is 2.45. The maximum absolute atomic E-state index is 14.3. The van der Waals surface area contributed by atoms with Crippen molar-refractivity contribution in [2.75, 3.05) is 5.32 Å². The van der Waals surface area contributed by atoms with E-state index in [2.05, 4.69) is 32.3 Å². The fourth-order valence-electron chi connectivity index (χ4n) is 8.52. The van der Waals surface area contributed by atoms with E-state index in [1.807, 2.05) is 184 Å². The fourth-order valence-corrected chi connectivity index (χ4v) is 8.52. The van der Waals surface area contributed by atoms with Gasteiger partial charge in [0, 0.05) is 36.4 Å².